The molecule has 7 heteroatoms. The fourth-order valence-electron chi connectivity index (χ4n) is 2.57. The predicted molar refractivity (Wildman–Crippen MR) is 65.7 cm³/mol. The standard InChI is InChI=1S/C13H20F3NO3/c1-8(7-11(18)20-2)17-12(19)9-5-3-4-6-10(9)13(14,15)16/h8-10H,3-7H2,1-2H3,(H,17,19)/t8-,9+,10+/m0/s1. The van der Waals surface area contributed by atoms with Crippen LogP contribution in [0.3, 0.4) is 0 Å². The van der Waals surface area contributed by atoms with Gasteiger partial charge in [-0.3, -0.25) is 9.59 Å². The van der Waals surface area contributed by atoms with E-state index in [0.29, 0.717) is 12.8 Å². The molecule has 4 nitrogen and oxygen atoms in total. The molecule has 1 rings (SSSR count). The summed E-state index contributed by atoms with van der Waals surface area (Å²) < 4.78 is 43.2. The lowest BCUT2D eigenvalue weighted by atomic mass is 9.78. The third-order valence-electron chi connectivity index (χ3n) is 3.61. The Morgan fingerprint density at radius 1 is 1.30 bits per heavy atom. The van der Waals surface area contributed by atoms with Gasteiger partial charge in [-0.15, -0.1) is 0 Å². The topological polar surface area (TPSA) is 55.4 Å². The number of halogens is 3. The molecule has 0 aromatic carbocycles. The van der Waals surface area contributed by atoms with Gasteiger partial charge in [0, 0.05) is 12.0 Å². The molecule has 0 saturated heterocycles. The van der Waals surface area contributed by atoms with Gasteiger partial charge in [0.1, 0.15) is 0 Å². The maximum atomic E-state index is 12.9. The lowest BCUT2D eigenvalue weighted by Gasteiger charge is -2.32. The number of amides is 1. The van der Waals surface area contributed by atoms with Crippen molar-refractivity contribution in [2.24, 2.45) is 11.8 Å². The fraction of sp³-hybridized carbons (Fsp3) is 0.846. The van der Waals surface area contributed by atoms with E-state index in [1.807, 2.05) is 0 Å². The molecule has 1 aliphatic rings. The first-order chi connectivity index (χ1) is 9.25. The lowest BCUT2D eigenvalue weighted by Crippen LogP contribution is -2.45. The van der Waals surface area contributed by atoms with Crippen molar-refractivity contribution in [3.63, 3.8) is 0 Å². The normalized spacial score (nSPS) is 24.9. The van der Waals surface area contributed by atoms with Crippen LogP contribution < -0.4 is 5.32 Å². The summed E-state index contributed by atoms with van der Waals surface area (Å²) in [6.45, 7) is 1.57. The molecule has 0 bridgehead atoms. The van der Waals surface area contributed by atoms with Gasteiger partial charge >= 0.3 is 12.1 Å². The number of carbonyl (C=O) groups excluding carboxylic acids is 2. The number of hydrogen-bond acceptors (Lipinski definition) is 3. The summed E-state index contributed by atoms with van der Waals surface area (Å²) in [5.41, 5.74) is 0. The Morgan fingerprint density at radius 2 is 1.90 bits per heavy atom. The van der Waals surface area contributed by atoms with E-state index in [0.717, 1.165) is 0 Å². The Hall–Kier alpha value is -1.27. The Bertz CT molecular complexity index is 357. The Kier molecular flexibility index (Phi) is 5.83. The van der Waals surface area contributed by atoms with Crippen molar-refractivity contribution in [3.8, 4) is 0 Å². The maximum absolute atomic E-state index is 12.9. The largest absolute Gasteiger partial charge is 0.469 e. The van der Waals surface area contributed by atoms with Gasteiger partial charge in [-0.05, 0) is 19.8 Å². The molecule has 0 spiro atoms. The van der Waals surface area contributed by atoms with Crippen LogP contribution >= 0.6 is 0 Å². The van der Waals surface area contributed by atoms with Gasteiger partial charge < -0.3 is 10.1 Å². The van der Waals surface area contributed by atoms with E-state index in [1.54, 1.807) is 6.92 Å². The highest BCUT2D eigenvalue weighted by atomic mass is 19.4. The summed E-state index contributed by atoms with van der Waals surface area (Å²) in [4.78, 5) is 23.0. The molecule has 0 radical (unpaired) electrons. The Labute approximate surface area is 116 Å². The number of methoxy groups -OCH3 is 1. The zero-order valence-corrected chi connectivity index (χ0v) is 11.6. The second-order valence-electron chi connectivity index (χ2n) is 5.23. The number of ether oxygens (including phenoxy) is 1. The van der Waals surface area contributed by atoms with Crippen LogP contribution in [0.4, 0.5) is 13.2 Å². The summed E-state index contributed by atoms with van der Waals surface area (Å²) in [6.07, 6.45) is -3.06. The average Bonchev–Trinajstić information content (AvgIpc) is 2.37. The fourth-order valence-corrected chi connectivity index (χ4v) is 2.57. The molecule has 3 atom stereocenters. The summed E-state index contributed by atoms with van der Waals surface area (Å²) in [6, 6.07) is -0.536. The van der Waals surface area contributed by atoms with E-state index in [2.05, 4.69) is 10.1 Å². The number of nitrogens with one attached hydrogen (secondary N) is 1. The van der Waals surface area contributed by atoms with E-state index in [1.165, 1.54) is 7.11 Å². The molecule has 0 aliphatic heterocycles. The molecule has 0 unspecified atom stereocenters. The van der Waals surface area contributed by atoms with Gasteiger partial charge in [0.15, 0.2) is 0 Å². The van der Waals surface area contributed by atoms with Crippen molar-refractivity contribution in [3.05, 3.63) is 0 Å². The van der Waals surface area contributed by atoms with Gasteiger partial charge in [0.05, 0.1) is 19.4 Å². The summed E-state index contributed by atoms with van der Waals surface area (Å²) in [7, 11) is 1.22. The molecular weight excluding hydrogens is 275 g/mol. The first kappa shape index (κ1) is 16.8. The maximum Gasteiger partial charge on any atom is 0.392 e. The first-order valence-corrected chi connectivity index (χ1v) is 6.69. The van der Waals surface area contributed by atoms with E-state index >= 15 is 0 Å². The summed E-state index contributed by atoms with van der Waals surface area (Å²) >= 11 is 0. The van der Waals surface area contributed by atoms with Crippen LogP contribution in [0.2, 0.25) is 0 Å². The van der Waals surface area contributed by atoms with Gasteiger partial charge in [-0.2, -0.15) is 13.2 Å². The highest BCUT2D eigenvalue weighted by Crippen LogP contribution is 2.41. The first-order valence-electron chi connectivity index (χ1n) is 6.69. The number of carbonyl (C=O) groups is 2. The molecule has 1 N–H and O–H groups in total. The molecular formula is C13H20F3NO3. The van der Waals surface area contributed by atoms with Crippen LogP contribution in [0, 0.1) is 11.8 Å². The second kappa shape index (κ2) is 6.95. The second-order valence-corrected chi connectivity index (χ2v) is 5.23. The molecule has 20 heavy (non-hydrogen) atoms. The molecule has 0 heterocycles. The van der Waals surface area contributed by atoms with Crippen LogP contribution in [-0.2, 0) is 14.3 Å². The van der Waals surface area contributed by atoms with E-state index in [-0.39, 0.29) is 19.3 Å². The average molecular weight is 295 g/mol. The smallest absolute Gasteiger partial charge is 0.392 e. The molecule has 1 fully saturated rings. The van der Waals surface area contributed by atoms with Crippen LogP contribution in [0.5, 0.6) is 0 Å². The van der Waals surface area contributed by atoms with Crippen LogP contribution in [0.1, 0.15) is 39.0 Å². The van der Waals surface area contributed by atoms with Crippen molar-refractivity contribution in [2.45, 2.75) is 51.2 Å². The third kappa shape index (κ3) is 4.68. The monoisotopic (exact) mass is 295 g/mol. The number of hydrogen-bond donors (Lipinski definition) is 1. The molecule has 116 valence electrons. The van der Waals surface area contributed by atoms with Crippen molar-refractivity contribution in [2.75, 3.05) is 7.11 Å². The zero-order chi connectivity index (χ0) is 15.3. The minimum Gasteiger partial charge on any atom is -0.469 e. The molecule has 0 aromatic rings. The van der Waals surface area contributed by atoms with Crippen LogP contribution in [0.25, 0.3) is 0 Å². The zero-order valence-electron chi connectivity index (χ0n) is 11.6. The van der Waals surface area contributed by atoms with E-state index < -0.39 is 35.9 Å². The Balaban J connectivity index is 2.62. The lowest BCUT2D eigenvalue weighted by molar-refractivity contribution is -0.198. The third-order valence-corrected chi connectivity index (χ3v) is 3.61. The minimum absolute atomic E-state index is 0.00697. The van der Waals surface area contributed by atoms with Gasteiger partial charge in [-0.25, -0.2) is 0 Å². The Morgan fingerprint density at radius 3 is 2.45 bits per heavy atom. The van der Waals surface area contributed by atoms with E-state index in [9.17, 15) is 22.8 Å². The molecule has 1 saturated carbocycles. The van der Waals surface area contributed by atoms with Gasteiger partial charge in [-0.1, -0.05) is 12.8 Å². The van der Waals surface area contributed by atoms with Crippen molar-refractivity contribution < 1.29 is 27.5 Å². The van der Waals surface area contributed by atoms with E-state index in [4.69, 9.17) is 0 Å². The molecule has 0 aromatic heterocycles. The van der Waals surface area contributed by atoms with Crippen LogP contribution in [-0.4, -0.2) is 31.2 Å². The van der Waals surface area contributed by atoms with Crippen molar-refractivity contribution in [1.82, 2.24) is 5.32 Å². The summed E-state index contributed by atoms with van der Waals surface area (Å²) in [5, 5.41) is 2.48. The van der Waals surface area contributed by atoms with Gasteiger partial charge in [0.25, 0.3) is 0 Å². The predicted octanol–water partition coefficient (Wildman–Crippen LogP) is 2.42. The minimum atomic E-state index is -4.35. The SMILES string of the molecule is COC(=O)C[C@H](C)NC(=O)[C@@H]1CCCC[C@H]1C(F)(F)F. The highest BCUT2D eigenvalue weighted by molar-refractivity contribution is 5.80. The van der Waals surface area contributed by atoms with Crippen molar-refractivity contribution in [1.29, 1.82) is 0 Å². The molecule has 1 amide bonds. The molecule has 1 aliphatic carbocycles. The van der Waals surface area contributed by atoms with Crippen molar-refractivity contribution >= 4 is 11.9 Å². The quantitative estimate of drug-likeness (QED) is 0.810. The number of rotatable bonds is 4. The number of alkyl halides is 3. The number of esters is 1. The summed E-state index contributed by atoms with van der Waals surface area (Å²) in [5.74, 6) is -3.76. The highest BCUT2D eigenvalue weighted by Gasteiger charge is 2.48. The van der Waals surface area contributed by atoms with Crippen LogP contribution in [0.15, 0.2) is 0 Å². The van der Waals surface area contributed by atoms with Gasteiger partial charge in [0.2, 0.25) is 5.91 Å².